The number of hydrogen-bond donors (Lipinski definition) is 2. The van der Waals surface area contributed by atoms with Crippen molar-refractivity contribution in [2.75, 3.05) is 11.9 Å². The van der Waals surface area contributed by atoms with Crippen LogP contribution in [0.3, 0.4) is 0 Å². The zero-order valence-corrected chi connectivity index (χ0v) is 13.2. The summed E-state index contributed by atoms with van der Waals surface area (Å²) in [6.45, 7) is 5.08. The van der Waals surface area contributed by atoms with Crippen molar-refractivity contribution in [1.29, 1.82) is 0 Å². The number of aryl methyl sites for hydroxylation is 2. The van der Waals surface area contributed by atoms with Crippen molar-refractivity contribution in [3.05, 3.63) is 46.2 Å². The molecule has 0 aliphatic carbocycles. The third kappa shape index (κ3) is 3.76. The van der Waals surface area contributed by atoms with Crippen molar-refractivity contribution in [2.24, 2.45) is 7.05 Å². The number of rotatable bonds is 5. The van der Waals surface area contributed by atoms with Gasteiger partial charge in [-0.1, -0.05) is 11.6 Å². The topological polar surface area (TPSA) is 59.0 Å². The molecule has 2 aromatic rings. The van der Waals surface area contributed by atoms with Gasteiger partial charge in [0, 0.05) is 42.6 Å². The molecular formula is C15H19ClN4O. The molecule has 0 radical (unpaired) electrons. The van der Waals surface area contributed by atoms with Gasteiger partial charge in [-0.2, -0.15) is 5.10 Å². The molecule has 0 unspecified atom stereocenters. The van der Waals surface area contributed by atoms with Gasteiger partial charge in [-0.15, -0.1) is 0 Å². The smallest absolute Gasteiger partial charge is 0.253 e. The summed E-state index contributed by atoms with van der Waals surface area (Å²) in [6.07, 6.45) is 1.90. The third-order valence-corrected chi connectivity index (χ3v) is 3.38. The monoisotopic (exact) mass is 306 g/mol. The predicted octanol–water partition coefficient (Wildman–Crippen LogP) is 2.74. The minimum Gasteiger partial charge on any atom is -0.385 e. The summed E-state index contributed by atoms with van der Waals surface area (Å²) in [5.74, 6) is -0.156. The molecule has 0 atom stereocenters. The van der Waals surface area contributed by atoms with Gasteiger partial charge in [0.05, 0.1) is 11.3 Å². The highest BCUT2D eigenvalue weighted by Crippen LogP contribution is 2.20. The number of anilines is 1. The molecule has 0 aliphatic heterocycles. The minimum absolute atomic E-state index is 0.156. The van der Waals surface area contributed by atoms with E-state index in [0.29, 0.717) is 17.1 Å². The summed E-state index contributed by atoms with van der Waals surface area (Å²) in [4.78, 5) is 12.3. The molecule has 2 N–H and O–H groups in total. The van der Waals surface area contributed by atoms with Gasteiger partial charge in [0.25, 0.3) is 5.91 Å². The molecule has 1 heterocycles. The quantitative estimate of drug-likeness (QED) is 0.893. The molecule has 1 aromatic heterocycles. The summed E-state index contributed by atoms with van der Waals surface area (Å²) < 4.78 is 1.74. The number of benzene rings is 1. The van der Waals surface area contributed by atoms with Crippen LogP contribution in [0.5, 0.6) is 0 Å². The number of amides is 1. The third-order valence-electron chi connectivity index (χ3n) is 3.15. The number of nitrogens with one attached hydrogen (secondary N) is 2. The van der Waals surface area contributed by atoms with Crippen LogP contribution in [0, 0.1) is 6.92 Å². The van der Waals surface area contributed by atoms with E-state index in [1.54, 1.807) is 16.8 Å². The highest BCUT2D eigenvalue weighted by Gasteiger charge is 2.12. The maximum Gasteiger partial charge on any atom is 0.253 e. The predicted molar refractivity (Wildman–Crippen MR) is 84.7 cm³/mol. The molecule has 6 heteroatoms. The Labute approximate surface area is 129 Å². The van der Waals surface area contributed by atoms with E-state index in [-0.39, 0.29) is 5.91 Å². The molecule has 0 fully saturated rings. The molecular weight excluding hydrogens is 288 g/mol. The summed E-state index contributed by atoms with van der Waals surface area (Å²) >= 11 is 5.99. The lowest BCUT2D eigenvalue weighted by atomic mass is 10.1. The minimum atomic E-state index is -0.156. The first-order valence-electron chi connectivity index (χ1n) is 6.82. The first-order valence-corrected chi connectivity index (χ1v) is 7.19. The maximum atomic E-state index is 12.3. The lowest BCUT2D eigenvalue weighted by molar-refractivity contribution is 0.0951. The van der Waals surface area contributed by atoms with Crippen molar-refractivity contribution in [2.45, 2.75) is 20.4 Å². The molecule has 112 valence electrons. The fourth-order valence-electron chi connectivity index (χ4n) is 2.14. The van der Waals surface area contributed by atoms with Gasteiger partial charge in [-0.25, -0.2) is 0 Å². The number of aromatic nitrogens is 2. The summed E-state index contributed by atoms with van der Waals surface area (Å²) in [5.41, 5.74) is 3.24. The lowest BCUT2D eigenvalue weighted by Gasteiger charge is -2.11. The molecule has 0 saturated heterocycles. The first kappa shape index (κ1) is 15.4. The van der Waals surface area contributed by atoms with Crippen molar-refractivity contribution < 1.29 is 4.79 Å². The Morgan fingerprint density at radius 2 is 2.19 bits per heavy atom. The molecule has 0 bridgehead atoms. The van der Waals surface area contributed by atoms with E-state index in [1.165, 1.54) is 0 Å². The van der Waals surface area contributed by atoms with Crippen LogP contribution in [0.1, 0.15) is 28.5 Å². The molecule has 5 nitrogen and oxygen atoms in total. The van der Waals surface area contributed by atoms with E-state index in [1.807, 2.05) is 33.2 Å². The zero-order valence-electron chi connectivity index (χ0n) is 12.4. The van der Waals surface area contributed by atoms with Gasteiger partial charge >= 0.3 is 0 Å². The van der Waals surface area contributed by atoms with E-state index >= 15 is 0 Å². The van der Waals surface area contributed by atoms with Crippen molar-refractivity contribution in [1.82, 2.24) is 15.1 Å². The van der Waals surface area contributed by atoms with Crippen molar-refractivity contribution >= 4 is 23.2 Å². The number of carbonyl (C=O) groups excluding carboxylic acids is 1. The van der Waals surface area contributed by atoms with Crippen LogP contribution in [0.15, 0.2) is 24.4 Å². The summed E-state index contributed by atoms with van der Waals surface area (Å²) in [6, 6.07) is 5.25. The van der Waals surface area contributed by atoms with Gasteiger partial charge in [-0.05, 0) is 32.0 Å². The standard InChI is InChI=1S/C15H19ClN4O/c1-4-17-14-6-5-12(16)7-13(14)15(21)18-8-11-9-20(3)19-10(11)2/h5-7,9,17H,4,8H2,1-3H3,(H,18,21). The largest absolute Gasteiger partial charge is 0.385 e. The molecule has 0 aliphatic rings. The Bertz CT molecular complexity index is 651. The highest BCUT2D eigenvalue weighted by atomic mass is 35.5. The molecule has 0 spiro atoms. The number of halogens is 1. The Balaban J connectivity index is 2.13. The van der Waals surface area contributed by atoms with Crippen LogP contribution in [0.4, 0.5) is 5.69 Å². The Morgan fingerprint density at radius 1 is 1.43 bits per heavy atom. The van der Waals surface area contributed by atoms with Crippen LogP contribution in [-0.2, 0) is 13.6 Å². The van der Waals surface area contributed by atoms with E-state index in [9.17, 15) is 4.79 Å². The van der Waals surface area contributed by atoms with Crippen LogP contribution in [0.25, 0.3) is 0 Å². The second-order valence-corrected chi connectivity index (χ2v) is 5.25. The number of carbonyl (C=O) groups is 1. The van der Waals surface area contributed by atoms with E-state index in [4.69, 9.17) is 11.6 Å². The average molecular weight is 307 g/mol. The van der Waals surface area contributed by atoms with Crippen LogP contribution < -0.4 is 10.6 Å². The summed E-state index contributed by atoms with van der Waals surface area (Å²) in [7, 11) is 1.86. The number of nitrogens with zero attached hydrogens (tertiary/aromatic N) is 2. The maximum absolute atomic E-state index is 12.3. The molecule has 1 amide bonds. The first-order chi connectivity index (χ1) is 10.0. The SMILES string of the molecule is CCNc1ccc(Cl)cc1C(=O)NCc1cn(C)nc1C. The van der Waals surface area contributed by atoms with Gasteiger partial charge in [-0.3, -0.25) is 9.48 Å². The molecule has 0 saturated carbocycles. The fourth-order valence-corrected chi connectivity index (χ4v) is 2.31. The van der Waals surface area contributed by atoms with Gasteiger partial charge in [0.15, 0.2) is 0 Å². The summed E-state index contributed by atoms with van der Waals surface area (Å²) in [5, 5.41) is 10.9. The Hall–Kier alpha value is -2.01. The molecule has 2 rings (SSSR count). The fraction of sp³-hybridized carbons (Fsp3) is 0.333. The second-order valence-electron chi connectivity index (χ2n) is 4.82. The van der Waals surface area contributed by atoms with E-state index < -0.39 is 0 Å². The highest BCUT2D eigenvalue weighted by molar-refractivity contribution is 6.31. The van der Waals surface area contributed by atoms with Crippen LogP contribution in [-0.4, -0.2) is 22.2 Å². The average Bonchev–Trinajstić information content (AvgIpc) is 2.76. The lowest BCUT2D eigenvalue weighted by Crippen LogP contribution is -2.24. The molecule has 21 heavy (non-hydrogen) atoms. The van der Waals surface area contributed by atoms with Gasteiger partial charge in [0.2, 0.25) is 0 Å². The zero-order chi connectivity index (χ0) is 15.4. The van der Waals surface area contributed by atoms with E-state index in [0.717, 1.165) is 23.5 Å². The van der Waals surface area contributed by atoms with Crippen LogP contribution >= 0.6 is 11.6 Å². The van der Waals surface area contributed by atoms with Crippen molar-refractivity contribution in [3.8, 4) is 0 Å². The second kappa shape index (κ2) is 6.63. The Kier molecular flexibility index (Phi) is 4.85. The Morgan fingerprint density at radius 3 is 2.81 bits per heavy atom. The molecule has 1 aromatic carbocycles. The van der Waals surface area contributed by atoms with Crippen molar-refractivity contribution in [3.63, 3.8) is 0 Å². The van der Waals surface area contributed by atoms with Crippen LogP contribution in [0.2, 0.25) is 5.02 Å². The van der Waals surface area contributed by atoms with Gasteiger partial charge in [0.1, 0.15) is 0 Å². The normalized spacial score (nSPS) is 10.5. The number of hydrogen-bond acceptors (Lipinski definition) is 3. The van der Waals surface area contributed by atoms with Gasteiger partial charge < -0.3 is 10.6 Å². The van der Waals surface area contributed by atoms with E-state index in [2.05, 4.69) is 15.7 Å².